The predicted octanol–water partition coefficient (Wildman–Crippen LogP) is 3.74. The summed E-state index contributed by atoms with van der Waals surface area (Å²) in [6.45, 7) is 3.21. The molecule has 2 aromatic heterocycles. The molecule has 1 amide bonds. The second-order valence-corrected chi connectivity index (χ2v) is 11.9. The molecular weight excluding hydrogens is 536 g/mol. The number of carbonyl (C=O) groups excluding carboxylic acids is 1. The fraction of sp³-hybridized carbons (Fsp3) is 0.240. The van der Waals surface area contributed by atoms with Gasteiger partial charge in [0.15, 0.2) is 0 Å². The molecule has 1 aliphatic heterocycles. The van der Waals surface area contributed by atoms with Gasteiger partial charge < -0.3 is 10.1 Å². The lowest BCUT2D eigenvalue weighted by Gasteiger charge is -2.26. The second-order valence-electron chi connectivity index (χ2n) is 8.51. The summed E-state index contributed by atoms with van der Waals surface area (Å²) in [5.74, 6) is -0.502. The number of ether oxygens (including phenoxy) is 1. The van der Waals surface area contributed by atoms with E-state index in [2.05, 4.69) is 10.3 Å². The number of hydrogen-bond acceptors (Lipinski definition) is 7. The van der Waals surface area contributed by atoms with Crippen molar-refractivity contribution in [2.24, 2.45) is 0 Å². The van der Waals surface area contributed by atoms with Gasteiger partial charge in [-0.2, -0.15) is 4.31 Å². The number of morpholine rings is 1. The first-order chi connectivity index (χ1) is 17.8. The molecule has 192 valence electrons. The van der Waals surface area contributed by atoms with E-state index in [1.165, 1.54) is 33.4 Å². The third kappa shape index (κ3) is 5.05. The third-order valence-corrected chi connectivity index (χ3v) is 9.54. The molecule has 1 aliphatic rings. The zero-order chi connectivity index (χ0) is 26.2. The van der Waals surface area contributed by atoms with Gasteiger partial charge in [-0.25, -0.2) is 13.4 Å². The molecule has 0 aliphatic carbocycles. The molecule has 0 spiro atoms. The summed E-state index contributed by atoms with van der Waals surface area (Å²) in [7, 11) is -3.77. The maximum Gasteiger partial charge on any atom is 0.266 e. The number of nitrogens with zero attached hydrogens (tertiary/aromatic N) is 3. The Hall–Kier alpha value is -3.09. The van der Waals surface area contributed by atoms with Gasteiger partial charge in [0.05, 0.1) is 52.0 Å². The minimum absolute atomic E-state index is 0.0210. The largest absolute Gasteiger partial charge is 0.379 e. The SMILES string of the molecule is Cc1c(C(=O)Nc2cc(S(=O)(=O)N3CCOCC3)ccc2Cl)sc2ncn(Cc3ccccc3)c(=O)c12. The molecule has 0 unspecified atom stereocenters. The number of sulfonamides is 1. The van der Waals surface area contributed by atoms with Crippen molar-refractivity contribution >= 4 is 54.8 Å². The van der Waals surface area contributed by atoms with Gasteiger partial charge in [-0.1, -0.05) is 41.9 Å². The van der Waals surface area contributed by atoms with Crippen molar-refractivity contribution in [3.63, 3.8) is 0 Å². The molecule has 2 aromatic carbocycles. The van der Waals surface area contributed by atoms with Gasteiger partial charge in [-0.05, 0) is 36.2 Å². The minimum atomic E-state index is -3.77. The van der Waals surface area contributed by atoms with E-state index >= 15 is 0 Å². The number of fused-ring (bicyclic) bond motifs is 1. The van der Waals surface area contributed by atoms with Gasteiger partial charge in [0.1, 0.15) is 4.83 Å². The average molecular weight is 559 g/mol. The maximum absolute atomic E-state index is 13.2. The van der Waals surface area contributed by atoms with Gasteiger partial charge >= 0.3 is 0 Å². The molecule has 1 fully saturated rings. The van der Waals surface area contributed by atoms with Crippen molar-refractivity contribution in [1.82, 2.24) is 13.9 Å². The van der Waals surface area contributed by atoms with E-state index in [0.717, 1.165) is 16.9 Å². The molecule has 4 aromatic rings. The quantitative estimate of drug-likeness (QED) is 0.386. The Bertz CT molecular complexity index is 1650. The molecular formula is C25H23ClN4O5S2. The fourth-order valence-electron chi connectivity index (χ4n) is 4.14. The number of hydrogen-bond donors (Lipinski definition) is 1. The van der Waals surface area contributed by atoms with Crippen molar-refractivity contribution in [2.75, 3.05) is 31.6 Å². The highest BCUT2D eigenvalue weighted by Crippen LogP contribution is 2.31. The van der Waals surface area contributed by atoms with Crippen LogP contribution in [0.15, 0.2) is 64.5 Å². The first-order valence-corrected chi connectivity index (χ1v) is 14.1. The highest BCUT2D eigenvalue weighted by Gasteiger charge is 2.27. The van der Waals surface area contributed by atoms with Crippen LogP contribution in [-0.4, -0.2) is 54.5 Å². The Morgan fingerprint density at radius 3 is 2.62 bits per heavy atom. The molecule has 0 atom stereocenters. The number of carbonyl (C=O) groups is 1. The van der Waals surface area contributed by atoms with Crippen LogP contribution < -0.4 is 10.9 Å². The molecule has 9 nitrogen and oxygen atoms in total. The van der Waals surface area contributed by atoms with Gasteiger partial charge in [0, 0.05) is 13.1 Å². The zero-order valence-electron chi connectivity index (χ0n) is 19.8. The van der Waals surface area contributed by atoms with Gasteiger partial charge in [0.25, 0.3) is 11.5 Å². The van der Waals surface area contributed by atoms with Crippen LogP contribution in [0.4, 0.5) is 5.69 Å². The molecule has 1 N–H and O–H groups in total. The average Bonchev–Trinajstić information content (AvgIpc) is 3.25. The first kappa shape index (κ1) is 25.6. The summed E-state index contributed by atoms with van der Waals surface area (Å²) < 4.78 is 34.2. The highest BCUT2D eigenvalue weighted by atomic mass is 35.5. The number of halogens is 1. The number of rotatable bonds is 6. The van der Waals surface area contributed by atoms with Crippen LogP contribution in [0.1, 0.15) is 20.8 Å². The second kappa shape index (κ2) is 10.3. The van der Waals surface area contributed by atoms with Crippen molar-refractivity contribution in [1.29, 1.82) is 0 Å². The van der Waals surface area contributed by atoms with Crippen LogP contribution in [0, 0.1) is 6.92 Å². The van der Waals surface area contributed by atoms with Crippen LogP contribution in [0.2, 0.25) is 5.02 Å². The number of anilines is 1. The molecule has 3 heterocycles. The summed E-state index contributed by atoms with van der Waals surface area (Å²) in [5, 5.41) is 3.28. The molecule has 1 saturated heterocycles. The molecule has 0 bridgehead atoms. The summed E-state index contributed by atoms with van der Waals surface area (Å²) in [6, 6.07) is 13.7. The minimum Gasteiger partial charge on any atom is -0.379 e. The zero-order valence-corrected chi connectivity index (χ0v) is 22.2. The number of benzene rings is 2. The number of nitrogens with one attached hydrogen (secondary N) is 1. The van der Waals surface area contributed by atoms with E-state index in [-0.39, 0.29) is 34.3 Å². The summed E-state index contributed by atoms with van der Waals surface area (Å²) >= 11 is 7.40. The standard InChI is InChI=1S/C25H23ClN4O5S2/c1-16-21-24(27-15-29(25(21)32)14-17-5-3-2-4-6-17)36-22(16)23(31)28-20-13-18(7-8-19(20)26)37(33,34)30-9-11-35-12-10-30/h2-8,13,15H,9-12,14H2,1H3,(H,28,31). The van der Waals surface area contributed by atoms with E-state index in [1.54, 1.807) is 6.92 Å². The maximum atomic E-state index is 13.2. The first-order valence-electron chi connectivity index (χ1n) is 11.5. The fourth-order valence-corrected chi connectivity index (χ4v) is 6.78. The summed E-state index contributed by atoms with van der Waals surface area (Å²) in [6.07, 6.45) is 1.48. The van der Waals surface area contributed by atoms with Crippen LogP contribution >= 0.6 is 22.9 Å². The van der Waals surface area contributed by atoms with Crippen LogP contribution in [0.25, 0.3) is 10.2 Å². The van der Waals surface area contributed by atoms with Crippen LogP contribution in [0.3, 0.4) is 0 Å². The number of aryl methyl sites for hydroxylation is 1. The number of thiophene rings is 1. The molecule has 0 saturated carbocycles. The Morgan fingerprint density at radius 2 is 1.89 bits per heavy atom. The predicted molar refractivity (Wildman–Crippen MR) is 143 cm³/mol. The molecule has 12 heteroatoms. The van der Waals surface area contributed by atoms with Crippen molar-refractivity contribution in [3.05, 3.63) is 86.2 Å². The van der Waals surface area contributed by atoms with E-state index in [9.17, 15) is 18.0 Å². The Kier molecular flexibility index (Phi) is 7.15. The monoisotopic (exact) mass is 558 g/mol. The Balaban J connectivity index is 1.44. The number of aromatic nitrogens is 2. The van der Waals surface area contributed by atoms with Gasteiger partial charge in [-0.15, -0.1) is 11.3 Å². The third-order valence-electron chi connectivity index (χ3n) is 6.11. The van der Waals surface area contributed by atoms with E-state index in [4.69, 9.17) is 16.3 Å². The van der Waals surface area contributed by atoms with Gasteiger partial charge in [0.2, 0.25) is 10.0 Å². The normalized spacial score (nSPS) is 14.6. The van der Waals surface area contributed by atoms with Crippen molar-refractivity contribution in [3.8, 4) is 0 Å². The van der Waals surface area contributed by atoms with E-state index < -0.39 is 15.9 Å². The molecule has 5 rings (SSSR count). The topological polar surface area (TPSA) is 111 Å². The lowest BCUT2D eigenvalue weighted by Crippen LogP contribution is -2.40. The Labute approximate surface area is 222 Å². The number of amides is 1. The van der Waals surface area contributed by atoms with Crippen molar-refractivity contribution < 1.29 is 17.9 Å². The van der Waals surface area contributed by atoms with E-state index in [0.29, 0.717) is 40.4 Å². The van der Waals surface area contributed by atoms with E-state index in [1.807, 2.05) is 30.3 Å². The molecule has 37 heavy (non-hydrogen) atoms. The highest BCUT2D eigenvalue weighted by molar-refractivity contribution is 7.89. The van der Waals surface area contributed by atoms with Crippen LogP contribution in [-0.2, 0) is 21.3 Å². The molecule has 0 radical (unpaired) electrons. The lowest BCUT2D eigenvalue weighted by atomic mass is 10.2. The van der Waals surface area contributed by atoms with Crippen LogP contribution in [0.5, 0.6) is 0 Å². The lowest BCUT2D eigenvalue weighted by molar-refractivity contribution is 0.0730. The summed E-state index contributed by atoms with van der Waals surface area (Å²) in [5.41, 5.74) is 1.38. The van der Waals surface area contributed by atoms with Crippen molar-refractivity contribution in [2.45, 2.75) is 18.4 Å². The van der Waals surface area contributed by atoms with Gasteiger partial charge in [-0.3, -0.25) is 14.2 Å². The Morgan fingerprint density at radius 1 is 1.16 bits per heavy atom. The smallest absolute Gasteiger partial charge is 0.266 e. The summed E-state index contributed by atoms with van der Waals surface area (Å²) in [4.78, 5) is 31.6.